The molecule has 572 valence electrons. The van der Waals surface area contributed by atoms with E-state index in [9.17, 15) is 102 Å². The summed E-state index contributed by atoms with van der Waals surface area (Å²) in [5.74, 6) is -19.7. The molecular weight excluding hydrogens is 1410 g/mol. The number of aromatic amines is 1. The first-order valence-corrected chi connectivity index (χ1v) is 33.9. The number of aromatic nitrogens is 1. The van der Waals surface area contributed by atoms with Crippen LogP contribution in [0.3, 0.4) is 0 Å². The van der Waals surface area contributed by atoms with Gasteiger partial charge in [0, 0.05) is 67.6 Å². The van der Waals surface area contributed by atoms with Crippen LogP contribution in [-0.4, -0.2) is 223 Å². The van der Waals surface area contributed by atoms with Gasteiger partial charge in [0.1, 0.15) is 72.2 Å². The maximum atomic E-state index is 15.0. The van der Waals surface area contributed by atoms with E-state index >= 15 is 0 Å². The zero-order valence-corrected chi connectivity index (χ0v) is 59.4. The number of nitrogens with two attached hydrogens (primary N) is 4. The second-order valence-electron chi connectivity index (χ2n) is 24.8. The lowest BCUT2D eigenvalue weighted by Gasteiger charge is -2.29. The highest BCUT2D eigenvalue weighted by Gasteiger charge is 2.39. The maximum Gasteiger partial charge on any atom is 0.303 e. The molecule has 1 heterocycles. The highest BCUT2D eigenvalue weighted by Crippen LogP contribution is 2.21. The molecule has 38 nitrogen and oxygen atoms in total. The SMILES string of the molecule is CC(=O)N[C@@H](CS)C(=O)N[C@@H](CCC(N)=O)C(=O)N[C@H](C(=O)N[C@H](C(=O)N[C@@H](CCC(N)=O)C(=O)N[C@@H](CS)C(=O)N[C@@H](Cc1ccc(O)cc1)C(=O)N[C@@H](Cc1c[nH]c2ccccc12)C(=O)N[C@@H](CCC(C)C)C(=O)N[C@@H](CCC(=O)O)C(=O)N[C@@H](CC(N)=O)C(=O)NCC(N)=O)[C@@H](C)O)[C@@H](C)O. The van der Waals surface area contributed by atoms with E-state index < -0.39 is 243 Å². The number of rotatable bonds is 46. The number of carbonyl (C=O) groups is 17. The molecule has 3 rings (SSSR count). The lowest BCUT2D eigenvalue weighted by molar-refractivity contribution is -0.139. The largest absolute Gasteiger partial charge is 0.508 e. The number of aromatic hydroxyl groups is 1. The average Bonchev–Trinajstić information content (AvgIpc) is 1.70. The fourth-order valence-corrected chi connectivity index (χ4v) is 10.6. The summed E-state index contributed by atoms with van der Waals surface area (Å²) in [5.41, 5.74) is 22.5. The number of benzene rings is 2. The third-order valence-electron chi connectivity index (χ3n) is 15.6. The summed E-state index contributed by atoms with van der Waals surface area (Å²) in [6.07, 6.45) is -6.99. The predicted octanol–water partition coefficient (Wildman–Crippen LogP) is -7.06. The molecule has 0 saturated heterocycles. The number of carboxylic acids is 1. The molecule has 16 amide bonds. The van der Waals surface area contributed by atoms with Crippen LogP contribution < -0.4 is 86.7 Å². The van der Waals surface area contributed by atoms with Crippen LogP contribution >= 0.6 is 25.3 Å². The summed E-state index contributed by atoms with van der Waals surface area (Å²) in [6, 6.07) is -6.73. The summed E-state index contributed by atoms with van der Waals surface area (Å²) < 4.78 is 0. The van der Waals surface area contributed by atoms with Crippen molar-refractivity contribution >= 4 is 137 Å². The molecular formula is C64H93N17O21S2. The molecule has 1 aromatic heterocycles. The van der Waals surface area contributed by atoms with Crippen molar-refractivity contribution < 1.29 is 102 Å². The zero-order valence-electron chi connectivity index (χ0n) is 57.6. The Balaban J connectivity index is 2.04. The lowest BCUT2D eigenvalue weighted by Crippen LogP contribution is -2.63. The molecule has 0 aliphatic heterocycles. The number of amides is 16. The van der Waals surface area contributed by atoms with E-state index in [1.807, 2.05) is 0 Å². The second kappa shape index (κ2) is 43.4. The first-order valence-electron chi connectivity index (χ1n) is 32.7. The van der Waals surface area contributed by atoms with E-state index in [2.05, 4.69) is 94.0 Å². The third kappa shape index (κ3) is 30.5. The van der Waals surface area contributed by atoms with Gasteiger partial charge < -0.3 is 112 Å². The Bertz CT molecular complexity index is 3580. The maximum absolute atomic E-state index is 15.0. The van der Waals surface area contributed by atoms with Crippen LogP contribution in [0.2, 0.25) is 0 Å². The number of thiol groups is 2. The normalized spacial score (nSPS) is 14.8. The van der Waals surface area contributed by atoms with Crippen molar-refractivity contribution in [3.05, 3.63) is 65.9 Å². The average molecular weight is 1500 g/mol. The van der Waals surface area contributed by atoms with E-state index in [0.717, 1.165) is 20.8 Å². The number of para-hydroxylation sites is 1. The third-order valence-corrected chi connectivity index (χ3v) is 16.3. The molecule has 0 unspecified atom stereocenters. The van der Waals surface area contributed by atoms with Gasteiger partial charge in [-0.2, -0.15) is 25.3 Å². The molecule has 0 saturated carbocycles. The molecule has 2 aromatic carbocycles. The number of nitrogens with one attached hydrogen (secondary N) is 13. The topological polar surface area (TPSA) is 635 Å². The van der Waals surface area contributed by atoms with Gasteiger partial charge in [0.2, 0.25) is 94.5 Å². The van der Waals surface area contributed by atoms with Crippen LogP contribution in [0.1, 0.15) is 104 Å². The lowest BCUT2D eigenvalue weighted by atomic mass is 9.99. The van der Waals surface area contributed by atoms with Crippen molar-refractivity contribution in [2.24, 2.45) is 28.9 Å². The molecule has 40 heteroatoms. The number of fused-ring (bicyclic) bond motifs is 1. The van der Waals surface area contributed by atoms with Crippen molar-refractivity contribution in [3.63, 3.8) is 0 Å². The molecule has 0 spiro atoms. The molecule has 0 bridgehead atoms. The predicted molar refractivity (Wildman–Crippen MR) is 376 cm³/mol. The fourth-order valence-electron chi connectivity index (χ4n) is 10.0. The van der Waals surface area contributed by atoms with Gasteiger partial charge >= 0.3 is 5.97 Å². The Morgan fingerprint density at radius 1 is 0.433 bits per heavy atom. The number of phenolic OH excluding ortho intramolecular Hbond substituents is 1. The van der Waals surface area contributed by atoms with Crippen molar-refractivity contribution in [1.82, 2.24) is 68.8 Å². The van der Waals surface area contributed by atoms with Crippen LogP contribution in [0.4, 0.5) is 0 Å². The Hall–Kier alpha value is -10.6. The number of phenols is 1. The minimum absolute atomic E-state index is 0.133. The molecule has 0 radical (unpaired) electrons. The van der Waals surface area contributed by atoms with Crippen molar-refractivity contribution in [3.8, 4) is 5.75 Å². The molecule has 25 N–H and O–H groups in total. The molecule has 0 fully saturated rings. The molecule has 13 atom stereocenters. The Labute approximate surface area is 607 Å². The number of primary amides is 4. The number of carbonyl (C=O) groups excluding carboxylic acids is 16. The van der Waals surface area contributed by atoms with E-state index in [0.29, 0.717) is 22.0 Å². The van der Waals surface area contributed by atoms with Gasteiger partial charge in [-0.25, -0.2) is 0 Å². The van der Waals surface area contributed by atoms with Crippen LogP contribution in [0.25, 0.3) is 10.9 Å². The number of hydrogen-bond donors (Lipinski definition) is 23. The van der Waals surface area contributed by atoms with Gasteiger partial charge in [-0.1, -0.05) is 44.2 Å². The molecule has 0 aliphatic rings. The van der Waals surface area contributed by atoms with E-state index in [1.165, 1.54) is 24.3 Å². The smallest absolute Gasteiger partial charge is 0.303 e. The molecule has 104 heavy (non-hydrogen) atoms. The van der Waals surface area contributed by atoms with Crippen LogP contribution in [0.15, 0.2) is 54.7 Å². The summed E-state index contributed by atoms with van der Waals surface area (Å²) in [5, 5.41) is 70.2. The van der Waals surface area contributed by atoms with E-state index in [-0.39, 0.29) is 36.7 Å². The van der Waals surface area contributed by atoms with Crippen molar-refractivity contribution in [2.75, 3.05) is 18.1 Å². The van der Waals surface area contributed by atoms with Gasteiger partial charge in [0.15, 0.2) is 0 Å². The molecule has 3 aromatic rings. The summed E-state index contributed by atoms with van der Waals surface area (Å²) in [6.45, 7) is 6.05. The summed E-state index contributed by atoms with van der Waals surface area (Å²) in [4.78, 5) is 229. The Morgan fingerprint density at radius 3 is 1.28 bits per heavy atom. The first kappa shape index (κ1) is 87.6. The summed E-state index contributed by atoms with van der Waals surface area (Å²) >= 11 is 8.30. The number of aliphatic hydroxyl groups excluding tert-OH is 2. The highest BCUT2D eigenvalue weighted by molar-refractivity contribution is 7.80. The van der Waals surface area contributed by atoms with Crippen molar-refractivity contribution in [2.45, 2.75) is 184 Å². The number of carboxylic acid groups (broad SMARTS) is 1. The number of aliphatic carboxylic acids is 1. The van der Waals surface area contributed by atoms with Crippen LogP contribution in [-0.2, 0) is 94.3 Å². The zero-order chi connectivity index (χ0) is 78.2. The molecule has 0 aliphatic carbocycles. The minimum atomic E-state index is -2.03. The van der Waals surface area contributed by atoms with Gasteiger partial charge in [0.25, 0.3) is 0 Å². The fraction of sp³-hybridized carbons (Fsp3) is 0.516. The minimum Gasteiger partial charge on any atom is -0.508 e. The number of aliphatic hydroxyl groups is 2. The van der Waals surface area contributed by atoms with Gasteiger partial charge in [-0.15, -0.1) is 0 Å². The summed E-state index contributed by atoms with van der Waals surface area (Å²) in [7, 11) is 0. The van der Waals surface area contributed by atoms with Crippen LogP contribution in [0.5, 0.6) is 5.75 Å². The number of hydrogen-bond acceptors (Lipinski definition) is 22. The first-order chi connectivity index (χ1) is 48.8. The second-order valence-corrected chi connectivity index (χ2v) is 25.5. The van der Waals surface area contributed by atoms with E-state index in [1.54, 1.807) is 44.3 Å². The Kier molecular flexibility index (Phi) is 36.5. The van der Waals surface area contributed by atoms with Gasteiger partial charge in [0.05, 0.1) is 25.2 Å². The Morgan fingerprint density at radius 2 is 0.827 bits per heavy atom. The van der Waals surface area contributed by atoms with E-state index in [4.69, 9.17) is 22.9 Å². The van der Waals surface area contributed by atoms with Gasteiger partial charge in [-0.05, 0) is 81.2 Å². The quantitative estimate of drug-likeness (QED) is 0.0234. The van der Waals surface area contributed by atoms with Crippen LogP contribution in [0, 0.1) is 5.92 Å². The highest BCUT2D eigenvalue weighted by atomic mass is 32.1. The monoisotopic (exact) mass is 1500 g/mol. The number of H-pyrrole nitrogens is 1. The van der Waals surface area contributed by atoms with Crippen molar-refractivity contribution in [1.29, 1.82) is 0 Å². The van der Waals surface area contributed by atoms with Gasteiger partial charge in [-0.3, -0.25) is 81.5 Å². The standard InChI is InChI=1S/C64H93N17O21S2/c1-29(2)10-15-38(55(93)72-41(18-21-51(90)91)56(94)78-44(24-49(67)88)54(92)70-26-50(68)89)73-60(98)43(23-34-25-69-37-9-7-6-8-36(34)37)77-59(97)42(22-33-11-13-35(85)14-12-33)76-62(100)46(28-104)79-57(95)39(16-19-47(65)86)75-63(101)52(30(3)82)81-64(102)53(31(4)83)80-58(96)40(17-20-48(66)87)74-61(99)45(27-103)71-32(5)84/h6-9,11-14,25,29-31,38-46,52-53,69,82-83,85,103-104H,10,15-24,26-28H2,1-5H3,(H2,65,86)(H2,66,87)(H2,67,88)(H2,68,89)(H,70,92)(H,71,84)(H,72,93)(H,73,98)(H,74,99)(H,75,101)(H,76,100)(H,77,97)(H,78,94)(H,79,95)(H,80,96)(H,81,102)(H,90,91)/t30-,31-,38+,39+,40+,41+,42+,43+,44+,45+,46+,52+,53+/m1/s1.